The summed E-state index contributed by atoms with van der Waals surface area (Å²) in [4.78, 5) is 0. The van der Waals surface area contributed by atoms with Gasteiger partial charge in [0.05, 0.1) is 0 Å². The highest BCUT2D eigenvalue weighted by atomic mass is 16.3. The topological polar surface area (TPSA) is 32.3 Å². The third kappa shape index (κ3) is 2.81. The van der Waals surface area contributed by atoms with Crippen LogP contribution in [0.15, 0.2) is 24.3 Å². The van der Waals surface area contributed by atoms with E-state index in [1.807, 2.05) is 18.2 Å². The fraction of sp³-hybridized carbons (Fsp3) is 0.600. The Kier molecular flexibility index (Phi) is 4.06. The van der Waals surface area contributed by atoms with Crippen molar-refractivity contribution in [1.82, 2.24) is 5.32 Å². The van der Waals surface area contributed by atoms with Crippen molar-refractivity contribution in [2.45, 2.75) is 51.6 Å². The minimum absolute atomic E-state index is 0.279. The molecule has 1 saturated carbocycles. The van der Waals surface area contributed by atoms with E-state index >= 15 is 0 Å². The zero-order valence-electron chi connectivity index (χ0n) is 10.8. The van der Waals surface area contributed by atoms with Crippen molar-refractivity contribution < 1.29 is 5.11 Å². The minimum Gasteiger partial charge on any atom is -0.508 e. The standard InChI is InChI=1S/C15H23NO/c1-3-13(12-8-4-5-10-15(12)17)16-14-9-6-7-11(14)2/h4-5,8,10-11,13-14,16-17H,3,6-7,9H2,1-2H3. The van der Waals surface area contributed by atoms with E-state index < -0.39 is 0 Å². The van der Waals surface area contributed by atoms with Gasteiger partial charge in [-0.3, -0.25) is 0 Å². The molecule has 1 aromatic carbocycles. The van der Waals surface area contributed by atoms with Gasteiger partial charge < -0.3 is 10.4 Å². The van der Waals surface area contributed by atoms with Gasteiger partial charge in [-0.1, -0.05) is 38.5 Å². The molecule has 0 spiro atoms. The molecule has 0 radical (unpaired) electrons. The van der Waals surface area contributed by atoms with E-state index in [2.05, 4.69) is 19.2 Å². The van der Waals surface area contributed by atoms with Gasteiger partial charge in [0.15, 0.2) is 0 Å². The monoisotopic (exact) mass is 233 g/mol. The number of para-hydroxylation sites is 1. The molecule has 0 heterocycles. The lowest BCUT2D eigenvalue weighted by molar-refractivity contribution is 0.360. The van der Waals surface area contributed by atoms with Crippen molar-refractivity contribution in [2.75, 3.05) is 0 Å². The van der Waals surface area contributed by atoms with Crippen LogP contribution in [0, 0.1) is 5.92 Å². The van der Waals surface area contributed by atoms with Crippen LogP contribution in [0.4, 0.5) is 0 Å². The highest BCUT2D eigenvalue weighted by Crippen LogP contribution is 2.31. The molecule has 1 fully saturated rings. The molecule has 3 unspecified atom stereocenters. The number of benzene rings is 1. The van der Waals surface area contributed by atoms with Crippen molar-refractivity contribution in [1.29, 1.82) is 0 Å². The fourth-order valence-corrected chi connectivity index (χ4v) is 2.86. The van der Waals surface area contributed by atoms with E-state index in [1.165, 1.54) is 19.3 Å². The Morgan fingerprint density at radius 2 is 2.12 bits per heavy atom. The Balaban J connectivity index is 2.09. The summed E-state index contributed by atoms with van der Waals surface area (Å²) in [6.45, 7) is 4.49. The van der Waals surface area contributed by atoms with Crippen molar-refractivity contribution in [3.63, 3.8) is 0 Å². The van der Waals surface area contributed by atoms with Crippen LogP contribution in [0.3, 0.4) is 0 Å². The summed E-state index contributed by atoms with van der Waals surface area (Å²) in [7, 11) is 0. The molecule has 1 aromatic rings. The molecule has 0 saturated heterocycles. The average molecular weight is 233 g/mol. The normalized spacial score (nSPS) is 26.0. The maximum absolute atomic E-state index is 9.91. The summed E-state index contributed by atoms with van der Waals surface area (Å²) in [6, 6.07) is 8.57. The first-order chi connectivity index (χ1) is 8.22. The molecule has 1 aliphatic carbocycles. The summed E-state index contributed by atoms with van der Waals surface area (Å²) in [5, 5.41) is 13.6. The van der Waals surface area contributed by atoms with Gasteiger partial charge in [0, 0.05) is 17.6 Å². The van der Waals surface area contributed by atoms with Gasteiger partial charge in [0.2, 0.25) is 0 Å². The first-order valence-corrected chi connectivity index (χ1v) is 6.76. The predicted octanol–water partition coefficient (Wildman–Crippen LogP) is 3.62. The minimum atomic E-state index is 0.279. The lowest BCUT2D eigenvalue weighted by Gasteiger charge is -2.25. The number of nitrogens with one attached hydrogen (secondary N) is 1. The largest absolute Gasteiger partial charge is 0.508 e. The van der Waals surface area contributed by atoms with Crippen LogP contribution in [-0.4, -0.2) is 11.1 Å². The molecule has 2 N–H and O–H groups in total. The number of rotatable bonds is 4. The molecular formula is C15H23NO. The number of hydrogen-bond donors (Lipinski definition) is 2. The van der Waals surface area contributed by atoms with E-state index in [4.69, 9.17) is 0 Å². The highest BCUT2D eigenvalue weighted by Gasteiger charge is 2.26. The average Bonchev–Trinajstić information content (AvgIpc) is 2.73. The first-order valence-electron chi connectivity index (χ1n) is 6.76. The van der Waals surface area contributed by atoms with Crippen LogP contribution in [0.25, 0.3) is 0 Å². The number of phenols is 1. The molecule has 17 heavy (non-hydrogen) atoms. The number of aromatic hydroxyl groups is 1. The van der Waals surface area contributed by atoms with Crippen molar-refractivity contribution in [3.05, 3.63) is 29.8 Å². The Bertz CT molecular complexity index is 364. The van der Waals surface area contributed by atoms with Gasteiger partial charge in [-0.2, -0.15) is 0 Å². The molecule has 0 aliphatic heterocycles. The van der Waals surface area contributed by atoms with Gasteiger partial charge in [-0.05, 0) is 31.2 Å². The Hall–Kier alpha value is -1.02. The van der Waals surface area contributed by atoms with Gasteiger partial charge in [0.1, 0.15) is 5.75 Å². The van der Waals surface area contributed by atoms with E-state index in [1.54, 1.807) is 6.07 Å². The zero-order chi connectivity index (χ0) is 12.3. The maximum atomic E-state index is 9.91. The maximum Gasteiger partial charge on any atom is 0.120 e. The first kappa shape index (κ1) is 12.4. The van der Waals surface area contributed by atoms with Crippen molar-refractivity contribution in [3.8, 4) is 5.75 Å². The number of phenolic OH excluding ortho intramolecular Hbond substituents is 1. The summed E-state index contributed by atoms with van der Waals surface area (Å²) >= 11 is 0. The van der Waals surface area contributed by atoms with E-state index in [9.17, 15) is 5.11 Å². The molecule has 2 nitrogen and oxygen atoms in total. The lowest BCUT2D eigenvalue weighted by Crippen LogP contribution is -2.34. The molecular weight excluding hydrogens is 210 g/mol. The van der Waals surface area contributed by atoms with Crippen LogP contribution in [0.2, 0.25) is 0 Å². The third-order valence-electron chi connectivity index (χ3n) is 4.00. The molecule has 2 heteroatoms. The third-order valence-corrected chi connectivity index (χ3v) is 4.00. The fourth-order valence-electron chi connectivity index (χ4n) is 2.86. The Morgan fingerprint density at radius 3 is 2.71 bits per heavy atom. The lowest BCUT2D eigenvalue weighted by atomic mass is 9.99. The van der Waals surface area contributed by atoms with E-state index in [0.29, 0.717) is 11.8 Å². The molecule has 94 valence electrons. The van der Waals surface area contributed by atoms with Crippen LogP contribution in [0.1, 0.15) is 51.1 Å². The van der Waals surface area contributed by atoms with Crippen LogP contribution in [0.5, 0.6) is 5.75 Å². The molecule has 0 bridgehead atoms. The summed E-state index contributed by atoms with van der Waals surface area (Å²) < 4.78 is 0. The van der Waals surface area contributed by atoms with Gasteiger partial charge in [-0.15, -0.1) is 0 Å². The molecule has 0 aromatic heterocycles. The second-order valence-electron chi connectivity index (χ2n) is 5.20. The predicted molar refractivity (Wildman–Crippen MR) is 71.1 cm³/mol. The van der Waals surface area contributed by atoms with E-state index in [0.717, 1.165) is 17.9 Å². The van der Waals surface area contributed by atoms with Crippen molar-refractivity contribution >= 4 is 0 Å². The second kappa shape index (κ2) is 5.54. The smallest absolute Gasteiger partial charge is 0.120 e. The van der Waals surface area contributed by atoms with Crippen LogP contribution < -0.4 is 5.32 Å². The highest BCUT2D eigenvalue weighted by molar-refractivity contribution is 5.34. The Labute approximate surface area is 104 Å². The summed E-state index contributed by atoms with van der Waals surface area (Å²) in [6.07, 6.45) is 4.94. The Morgan fingerprint density at radius 1 is 1.35 bits per heavy atom. The second-order valence-corrected chi connectivity index (χ2v) is 5.20. The quantitative estimate of drug-likeness (QED) is 0.832. The van der Waals surface area contributed by atoms with E-state index in [-0.39, 0.29) is 6.04 Å². The zero-order valence-corrected chi connectivity index (χ0v) is 10.8. The molecule has 1 aliphatic rings. The van der Waals surface area contributed by atoms with Crippen molar-refractivity contribution in [2.24, 2.45) is 5.92 Å². The van der Waals surface area contributed by atoms with Crippen LogP contribution in [-0.2, 0) is 0 Å². The van der Waals surface area contributed by atoms with Crippen LogP contribution >= 0.6 is 0 Å². The van der Waals surface area contributed by atoms with Gasteiger partial charge >= 0.3 is 0 Å². The number of hydrogen-bond acceptors (Lipinski definition) is 2. The molecule has 0 amide bonds. The molecule has 2 rings (SSSR count). The van der Waals surface area contributed by atoms with Gasteiger partial charge in [-0.25, -0.2) is 0 Å². The van der Waals surface area contributed by atoms with Gasteiger partial charge in [0.25, 0.3) is 0 Å². The summed E-state index contributed by atoms with van der Waals surface area (Å²) in [5.74, 6) is 1.17. The summed E-state index contributed by atoms with van der Waals surface area (Å²) in [5.41, 5.74) is 1.04. The SMILES string of the molecule is CCC(NC1CCCC1C)c1ccccc1O. The molecule has 3 atom stereocenters.